The van der Waals surface area contributed by atoms with Gasteiger partial charge in [-0.3, -0.25) is 4.40 Å². The minimum Gasteiger partial charge on any atom is -0.309 e. The number of nitriles is 1. The summed E-state index contributed by atoms with van der Waals surface area (Å²) in [4.78, 5) is 5.14. The highest BCUT2D eigenvalue weighted by molar-refractivity contribution is 6.15. The summed E-state index contributed by atoms with van der Waals surface area (Å²) in [5.41, 5.74) is 13.5. The van der Waals surface area contributed by atoms with Crippen LogP contribution in [0.5, 0.6) is 0 Å². The van der Waals surface area contributed by atoms with Crippen LogP contribution in [0.3, 0.4) is 0 Å². The van der Waals surface area contributed by atoms with Crippen LogP contribution in [0, 0.1) is 11.3 Å². The SMILES string of the molecule is N#Cc1ccc2c3cc(-c4cc(-n5c6ccccc6c6ccccc65)cc(-n5c6ccccc6c6ccccc65)c4)ccc3c3nc4ccccc4n3c2c1. The van der Waals surface area contributed by atoms with Gasteiger partial charge in [-0.2, -0.15) is 5.26 Å². The van der Waals surface area contributed by atoms with Crippen molar-refractivity contribution in [2.75, 3.05) is 0 Å². The number of nitrogens with zero attached hydrogens (tertiary/aromatic N) is 5. The molecule has 0 bridgehead atoms. The van der Waals surface area contributed by atoms with Gasteiger partial charge in [0.25, 0.3) is 0 Å². The van der Waals surface area contributed by atoms with Gasteiger partial charge in [0.15, 0.2) is 0 Å². The number of para-hydroxylation sites is 6. The molecule has 5 heteroatoms. The van der Waals surface area contributed by atoms with E-state index in [1.165, 1.54) is 43.6 Å². The highest BCUT2D eigenvalue weighted by Gasteiger charge is 2.19. The maximum absolute atomic E-state index is 9.93. The Hall–Kier alpha value is -7.68. The van der Waals surface area contributed by atoms with Gasteiger partial charge in [0.2, 0.25) is 0 Å². The van der Waals surface area contributed by atoms with E-state index in [0.717, 1.165) is 60.9 Å². The van der Waals surface area contributed by atoms with Gasteiger partial charge in [-0.15, -0.1) is 0 Å². The Kier molecular flexibility index (Phi) is 6.06. The summed E-state index contributed by atoms with van der Waals surface area (Å²) in [6.07, 6.45) is 0. The van der Waals surface area contributed by atoms with Gasteiger partial charge < -0.3 is 9.13 Å². The average Bonchev–Trinajstić information content (AvgIpc) is 3.92. The van der Waals surface area contributed by atoms with Gasteiger partial charge in [0.05, 0.1) is 50.2 Å². The topological polar surface area (TPSA) is 51.0 Å². The van der Waals surface area contributed by atoms with Crippen molar-refractivity contribution in [2.45, 2.75) is 0 Å². The molecule has 0 unspecified atom stereocenters. The summed E-state index contributed by atoms with van der Waals surface area (Å²) in [5, 5.41) is 18.1. The second-order valence-electron chi connectivity index (χ2n) is 14.3. The van der Waals surface area contributed by atoms with E-state index in [4.69, 9.17) is 4.98 Å². The summed E-state index contributed by atoms with van der Waals surface area (Å²) in [5.74, 6) is 0. The van der Waals surface area contributed by atoms with Crippen LogP contribution >= 0.6 is 0 Å². The van der Waals surface area contributed by atoms with Gasteiger partial charge in [-0.05, 0) is 95.4 Å². The first kappa shape index (κ1) is 29.9. The molecule has 4 heterocycles. The van der Waals surface area contributed by atoms with Crippen molar-refractivity contribution < 1.29 is 0 Å². The van der Waals surface area contributed by atoms with Crippen molar-refractivity contribution in [3.63, 3.8) is 0 Å². The monoisotopic (exact) mass is 699 g/mol. The first-order valence-corrected chi connectivity index (χ1v) is 18.5. The highest BCUT2D eigenvalue weighted by Crippen LogP contribution is 2.40. The minimum atomic E-state index is 0.622. The number of fused-ring (bicyclic) bond motifs is 14. The van der Waals surface area contributed by atoms with Crippen LogP contribution in [-0.2, 0) is 0 Å². The average molecular weight is 700 g/mol. The van der Waals surface area contributed by atoms with Crippen molar-refractivity contribution in [2.24, 2.45) is 0 Å². The normalized spacial score (nSPS) is 12.0. The molecular weight excluding hydrogens is 671 g/mol. The number of benzene rings is 8. The molecule has 0 aliphatic rings. The maximum atomic E-state index is 9.93. The van der Waals surface area contributed by atoms with Crippen molar-refractivity contribution >= 4 is 82.0 Å². The van der Waals surface area contributed by atoms with Crippen molar-refractivity contribution in [3.8, 4) is 28.6 Å². The Labute approximate surface area is 314 Å². The second kappa shape index (κ2) is 11.2. The van der Waals surface area contributed by atoms with Gasteiger partial charge in [-0.1, -0.05) is 97.1 Å². The smallest absolute Gasteiger partial charge is 0.146 e. The molecule has 55 heavy (non-hydrogen) atoms. The lowest BCUT2D eigenvalue weighted by Crippen LogP contribution is -2.00. The molecule has 8 aromatic carbocycles. The number of hydrogen-bond acceptors (Lipinski definition) is 2. The molecule has 0 spiro atoms. The van der Waals surface area contributed by atoms with E-state index in [9.17, 15) is 5.26 Å². The van der Waals surface area contributed by atoms with E-state index in [1.807, 2.05) is 24.3 Å². The summed E-state index contributed by atoms with van der Waals surface area (Å²) >= 11 is 0. The number of aromatic nitrogens is 4. The summed E-state index contributed by atoms with van der Waals surface area (Å²) in [6, 6.07) is 65.1. The lowest BCUT2D eigenvalue weighted by molar-refractivity contribution is 1.13. The van der Waals surface area contributed by atoms with E-state index >= 15 is 0 Å². The molecule has 0 amide bonds. The Morgan fingerprint density at radius 2 is 0.873 bits per heavy atom. The molecule has 0 saturated carbocycles. The highest BCUT2D eigenvalue weighted by atomic mass is 15.0. The lowest BCUT2D eigenvalue weighted by Gasteiger charge is -2.16. The van der Waals surface area contributed by atoms with Gasteiger partial charge >= 0.3 is 0 Å². The van der Waals surface area contributed by atoms with Crippen LogP contribution < -0.4 is 0 Å². The van der Waals surface area contributed by atoms with Gasteiger partial charge in [0.1, 0.15) is 5.65 Å². The fraction of sp³-hybridized carbons (Fsp3) is 0. The number of hydrogen-bond donors (Lipinski definition) is 0. The van der Waals surface area contributed by atoms with Crippen molar-refractivity contribution in [3.05, 3.63) is 181 Å². The molecule has 254 valence electrons. The molecule has 0 atom stereocenters. The largest absolute Gasteiger partial charge is 0.309 e. The number of imidazole rings is 1. The molecule has 0 N–H and O–H groups in total. The summed E-state index contributed by atoms with van der Waals surface area (Å²) in [6.45, 7) is 0. The third-order valence-electron chi connectivity index (χ3n) is 11.4. The maximum Gasteiger partial charge on any atom is 0.146 e. The lowest BCUT2D eigenvalue weighted by atomic mass is 9.97. The summed E-state index contributed by atoms with van der Waals surface area (Å²) in [7, 11) is 0. The van der Waals surface area contributed by atoms with E-state index in [1.54, 1.807) is 0 Å². The van der Waals surface area contributed by atoms with Crippen molar-refractivity contribution in [1.29, 1.82) is 5.26 Å². The van der Waals surface area contributed by atoms with Crippen LogP contribution in [0.1, 0.15) is 5.56 Å². The Bertz CT molecular complexity index is 3390. The predicted octanol–water partition coefficient (Wildman–Crippen LogP) is 12.5. The van der Waals surface area contributed by atoms with E-state index < -0.39 is 0 Å². The third kappa shape index (κ3) is 4.19. The van der Waals surface area contributed by atoms with Crippen LogP contribution in [0.4, 0.5) is 0 Å². The molecule has 5 nitrogen and oxygen atoms in total. The zero-order chi connectivity index (χ0) is 36.2. The molecule has 12 aromatic rings. The van der Waals surface area contributed by atoms with E-state index in [0.29, 0.717) is 5.56 Å². The summed E-state index contributed by atoms with van der Waals surface area (Å²) < 4.78 is 7.02. The third-order valence-corrected chi connectivity index (χ3v) is 11.4. The van der Waals surface area contributed by atoms with E-state index in [-0.39, 0.29) is 0 Å². The second-order valence-corrected chi connectivity index (χ2v) is 14.3. The Balaban J connectivity index is 1.19. The predicted molar refractivity (Wildman–Crippen MR) is 227 cm³/mol. The van der Waals surface area contributed by atoms with Crippen LogP contribution in [0.25, 0.3) is 104 Å². The van der Waals surface area contributed by atoms with Crippen LogP contribution in [0.2, 0.25) is 0 Å². The molecule has 0 fully saturated rings. The van der Waals surface area contributed by atoms with Crippen LogP contribution in [-0.4, -0.2) is 18.5 Å². The minimum absolute atomic E-state index is 0.622. The molecule has 12 rings (SSSR count). The molecule has 0 aliphatic heterocycles. The first-order valence-electron chi connectivity index (χ1n) is 18.5. The zero-order valence-electron chi connectivity index (χ0n) is 29.5. The number of rotatable bonds is 3. The van der Waals surface area contributed by atoms with Crippen LogP contribution in [0.15, 0.2) is 176 Å². The Morgan fingerprint density at radius 3 is 1.44 bits per heavy atom. The molecule has 0 radical (unpaired) electrons. The van der Waals surface area contributed by atoms with Crippen molar-refractivity contribution in [1.82, 2.24) is 18.5 Å². The molecule has 0 saturated heterocycles. The number of pyridine rings is 1. The zero-order valence-corrected chi connectivity index (χ0v) is 29.5. The molecule has 0 aliphatic carbocycles. The fourth-order valence-electron chi connectivity index (χ4n) is 9.03. The fourth-order valence-corrected chi connectivity index (χ4v) is 9.03. The van der Waals surface area contributed by atoms with Gasteiger partial charge in [0, 0.05) is 43.7 Å². The standard InChI is InChI=1S/C50H29N5/c51-30-31-21-23-40-42-28-32(22-24-41(42)50-52-43-15-5-10-20-48(43)55(50)49(40)25-31)33-26-34(53-44-16-6-1-11-36(44)37-12-2-7-17-45(37)53)29-35(27-33)54-46-18-8-3-13-38(46)39-14-4-9-19-47(39)54/h1-29H. The van der Waals surface area contributed by atoms with E-state index in [2.05, 4.69) is 171 Å². The molecular formula is C50H29N5. The first-order chi connectivity index (χ1) is 27.2. The molecule has 4 aromatic heterocycles. The van der Waals surface area contributed by atoms with Gasteiger partial charge in [-0.25, -0.2) is 4.98 Å². The quantitative estimate of drug-likeness (QED) is 0.172. The Morgan fingerprint density at radius 1 is 0.382 bits per heavy atom.